The van der Waals surface area contributed by atoms with E-state index >= 15 is 0 Å². The summed E-state index contributed by atoms with van der Waals surface area (Å²) in [5, 5.41) is 13.9. The molecule has 2 rings (SSSR count). The summed E-state index contributed by atoms with van der Waals surface area (Å²) in [6.07, 6.45) is 4.01. The Labute approximate surface area is 117 Å². The van der Waals surface area contributed by atoms with Gasteiger partial charge in [-0.05, 0) is 49.3 Å². The molecule has 0 aromatic heterocycles. The summed E-state index contributed by atoms with van der Waals surface area (Å²) in [4.78, 5) is 0. The SMILES string of the molecule is CC(C)CNCC(C)(O)c1ccc(C2CCC2)cc1. The molecule has 1 fully saturated rings. The van der Waals surface area contributed by atoms with Gasteiger partial charge in [0.2, 0.25) is 0 Å². The maximum atomic E-state index is 10.5. The second-order valence-corrected chi connectivity index (χ2v) is 6.55. The standard InChI is InChI=1S/C17H27NO/c1-13(2)11-18-12-17(3,19)16-9-7-15(8-10-16)14-5-4-6-14/h7-10,13-14,18-19H,4-6,11-12H2,1-3H3. The molecule has 2 N–H and O–H groups in total. The zero-order valence-electron chi connectivity index (χ0n) is 12.4. The molecule has 0 saturated heterocycles. The van der Waals surface area contributed by atoms with Crippen molar-refractivity contribution in [3.8, 4) is 0 Å². The van der Waals surface area contributed by atoms with Gasteiger partial charge in [0.25, 0.3) is 0 Å². The van der Waals surface area contributed by atoms with Crippen LogP contribution < -0.4 is 5.32 Å². The first kappa shape index (κ1) is 14.5. The van der Waals surface area contributed by atoms with Gasteiger partial charge in [-0.2, -0.15) is 0 Å². The van der Waals surface area contributed by atoms with Crippen molar-refractivity contribution < 1.29 is 5.11 Å². The molecular formula is C17H27NO. The van der Waals surface area contributed by atoms with Crippen LogP contribution in [0.4, 0.5) is 0 Å². The molecule has 0 spiro atoms. The van der Waals surface area contributed by atoms with Crippen LogP contribution in [-0.2, 0) is 5.60 Å². The highest BCUT2D eigenvalue weighted by Crippen LogP contribution is 2.36. The Morgan fingerprint density at radius 2 is 1.89 bits per heavy atom. The smallest absolute Gasteiger partial charge is 0.0992 e. The van der Waals surface area contributed by atoms with Crippen molar-refractivity contribution in [3.05, 3.63) is 35.4 Å². The molecular weight excluding hydrogens is 234 g/mol. The van der Waals surface area contributed by atoms with Crippen LogP contribution in [0, 0.1) is 5.92 Å². The van der Waals surface area contributed by atoms with Crippen LogP contribution in [0.15, 0.2) is 24.3 Å². The molecule has 2 nitrogen and oxygen atoms in total. The number of rotatable bonds is 6. The topological polar surface area (TPSA) is 32.3 Å². The summed E-state index contributed by atoms with van der Waals surface area (Å²) in [6.45, 7) is 7.78. The van der Waals surface area contributed by atoms with E-state index in [4.69, 9.17) is 0 Å². The highest BCUT2D eigenvalue weighted by Gasteiger charge is 2.24. The second kappa shape index (κ2) is 6.06. The molecule has 0 bridgehead atoms. The van der Waals surface area contributed by atoms with E-state index in [1.54, 1.807) is 0 Å². The largest absolute Gasteiger partial charge is 0.384 e. The van der Waals surface area contributed by atoms with Crippen molar-refractivity contribution >= 4 is 0 Å². The van der Waals surface area contributed by atoms with Crippen LogP contribution in [0.1, 0.15) is 57.1 Å². The average molecular weight is 261 g/mol. The summed E-state index contributed by atoms with van der Waals surface area (Å²) in [5.74, 6) is 1.37. The summed E-state index contributed by atoms with van der Waals surface area (Å²) < 4.78 is 0. The lowest BCUT2D eigenvalue weighted by Gasteiger charge is -2.28. The fraction of sp³-hybridized carbons (Fsp3) is 0.647. The van der Waals surface area contributed by atoms with Crippen molar-refractivity contribution in [2.24, 2.45) is 5.92 Å². The number of benzene rings is 1. The predicted molar refractivity (Wildman–Crippen MR) is 80.3 cm³/mol. The third kappa shape index (κ3) is 3.80. The number of nitrogens with one attached hydrogen (secondary N) is 1. The summed E-state index contributed by atoms with van der Waals surface area (Å²) in [6, 6.07) is 8.56. The lowest BCUT2D eigenvalue weighted by Crippen LogP contribution is -2.37. The minimum absolute atomic E-state index is 0.605. The third-order valence-corrected chi connectivity index (χ3v) is 4.13. The van der Waals surface area contributed by atoms with Crippen molar-refractivity contribution in [1.82, 2.24) is 5.32 Å². The molecule has 1 saturated carbocycles. The van der Waals surface area contributed by atoms with Gasteiger partial charge in [0, 0.05) is 6.54 Å². The second-order valence-electron chi connectivity index (χ2n) is 6.55. The first-order valence-electron chi connectivity index (χ1n) is 7.52. The summed E-state index contributed by atoms with van der Waals surface area (Å²) in [5.41, 5.74) is 1.65. The van der Waals surface area contributed by atoms with Crippen molar-refractivity contribution in [2.45, 2.75) is 51.6 Å². The van der Waals surface area contributed by atoms with Crippen molar-refractivity contribution in [2.75, 3.05) is 13.1 Å². The zero-order chi connectivity index (χ0) is 13.9. The van der Waals surface area contributed by atoms with E-state index in [0.717, 1.165) is 18.0 Å². The first-order chi connectivity index (χ1) is 8.99. The Bertz CT molecular complexity index is 390. The van der Waals surface area contributed by atoms with Crippen LogP contribution in [0.2, 0.25) is 0 Å². The van der Waals surface area contributed by atoms with Crippen LogP contribution in [0.25, 0.3) is 0 Å². The van der Waals surface area contributed by atoms with E-state index in [1.807, 2.05) is 6.92 Å². The molecule has 1 aromatic carbocycles. The van der Waals surface area contributed by atoms with Crippen molar-refractivity contribution in [3.63, 3.8) is 0 Å². The molecule has 1 aromatic rings. The van der Waals surface area contributed by atoms with Crippen molar-refractivity contribution in [1.29, 1.82) is 0 Å². The Hall–Kier alpha value is -0.860. The fourth-order valence-electron chi connectivity index (χ4n) is 2.56. The Kier molecular flexibility index (Phi) is 4.64. The van der Waals surface area contributed by atoms with E-state index < -0.39 is 5.60 Å². The van der Waals surface area contributed by atoms with Gasteiger partial charge in [0.15, 0.2) is 0 Å². The highest BCUT2D eigenvalue weighted by molar-refractivity contribution is 5.30. The van der Waals surface area contributed by atoms with E-state index in [0.29, 0.717) is 12.5 Å². The zero-order valence-corrected chi connectivity index (χ0v) is 12.4. The van der Waals surface area contributed by atoms with Gasteiger partial charge in [-0.25, -0.2) is 0 Å². The molecule has 106 valence electrons. The average Bonchev–Trinajstić information content (AvgIpc) is 2.26. The fourth-order valence-corrected chi connectivity index (χ4v) is 2.56. The molecule has 0 aliphatic heterocycles. The minimum Gasteiger partial charge on any atom is -0.384 e. The lowest BCUT2D eigenvalue weighted by molar-refractivity contribution is 0.0564. The molecule has 1 unspecified atom stereocenters. The van der Waals surface area contributed by atoms with Gasteiger partial charge in [-0.15, -0.1) is 0 Å². The number of hydrogen-bond donors (Lipinski definition) is 2. The van der Waals surface area contributed by atoms with Gasteiger partial charge >= 0.3 is 0 Å². The van der Waals surface area contributed by atoms with Gasteiger partial charge in [-0.1, -0.05) is 44.5 Å². The summed E-state index contributed by atoms with van der Waals surface area (Å²) >= 11 is 0. The molecule has 19 heavy (non-hydrogen) atoms. The summed E-state index contributed by atoms with van der Waals surface area (Å²) in [7, 11) is 0. The molecule has 1 aliphatic carbocycles. The van der Waals surface area contributed by atoms with Crippen LogP contribution in [-0.4, -0.2) is 18.2 Å². The Morgan fingerprint density at radius 3 is 2.37 bits per heavy atom. The highest BCUT2D eigenvalue weighted by atomic mass is 16.3. The van der Waals surface area contributed by atoms with E-state index in [-0.39, 0.29) is 0 Å². The number of hydrogen-bond acceptors (Lipinski definition) is 2. The Balaban J connectivity index is 1.95. The molecule has 2 heteroatoms. The van der Waals surface area contributed by atoms with Gasteiger partial charge < -0.3 is 10.4 Å². The predicted octanol–water partition coefficient (Wildman–Crippen LogP) is 3.41. The molecule has 0 radical (unpaired) electrons. The van der Waals surface area contributed by atoms with Gasteiger partial charge in [0.05, 0.1) is 5.60 Å². The molecule has 0 heterocycles. The van der Waals surface area contributed by atoms with E-state index in [9.17, 15) is 5.11 Å². The van der Waals surface area contributed by atoms with Gasteiger partial charge in [0.1, 0.15) is 0 Å². The molecule has 0 amide bonds. The van der Waals surface area contributed by atoms with E-state index in [1.165, 1.54) is 24.8 Å². The monoisotopic (exact) mass is 261 g/mol. The maximum Gasteiger partial charge on any atom is 0.0992 e. The molecule has 1 atom stereocenters. The van der Waals surface area contributed by atoms with Crippen LogP contribution >= 0.6 is 0 Å². The molecule has 1 aliphatic rings. The quantitative estimate of drug-likeness (QED) is 0.822. The van der Waals surface area contributed by atoms with Crippen LogP contribution in [0.3, 0.4) is 0 Å². The first-order valence-corrected chi connectivity index (χ1v) is 7.52. The Morgan fingerprint density at radius 1 is 1.26 bits per heavy atom. The third-order valence-electron chi connectivity index (χ3n) is 4.13. The lowest BCUT2D eigenvalue weighted by atomic mass is 9.79. The number of aliphatic hydroxyl groups is 1. The maximum absolute atomic E-state index is 10.5. The van der Waals surface area contributed by atoms with Crippen LogP contribution in [0.5, 0.6) is 0 Å². The normalized spacial score (nSPS) is 19.2. The minimum atomic E-state index is -0.785. The van der Waals surface area contributed by atoms with E-state index in [2.05, 4.69) is 43.4 Å². The van der Waals surface area contributed by atoms with Gasteiger partial charge in [-0.3, -0.25) is 0 Å².